The molecule has 0 saturated heterocycles. The molecular formula is C38H23N5S. The van der Waals surface area contributed by atoms with E-state index in [4.69, 9.17) is 15.0 Å². The molecule has 4 heterocycles. The maximum atomic E-state index is 5.16. The van der Waals surface area contributed by atoms with E-state index >= 15 is 0 Å². The van der Waals surface area contributed by atoms with E-state index in [1.807, 2.05) is 48.7 Å². The van der Waals surface area contributed by atoms with Gasteiger partial charge >= 0.3 is 0 Å². The van der Waals surface area contributed by atoms with Crippen LogP contribution in [0, 0.1) is 0 Å². The van der Waals surface area contributed by atoms with E-state index in [9.17, 15) is 0 Å². The van der Waals surface area contributed by atoms with Crippen LogP contribution in [0.5, 0.6) is 0 Å². The average Bonchev–Trinajstić information content (AvgIpc) is 3.65. The summed E-state index contributed by atoms with van der Waals surface area (Å²) in [7, 11) is 0. The second-order valence-electron chi connectivity index (χ2n) is 10.7. The van der Waals surface area contributed by atoms with E-state index in [1.165, 1.54) is 15.6 Å². The summed E-state index contributed by atoms with van der Waals surface area (Å²) in [5, 5.41) is 4.66. The summed E-state index contributed by atoms with van der Waals surface area (Å²) in [5.74, 6) is 1.85. The van der Waals surface area contributed by atoms with Crippen molar-refractivity contribution in [2.75, 3.05) is 0 Å². The predicted molar refractivity (Wildman–Crippen MR) is 181 cm³/mol. The van der Waals surface area contributed by atoms with Crippen molar-refractivity contribution in [2.45, 2.75) is 0 Å². The van der Waals surface area contributed by atoms with Gasteiger partial charge in [0, 0.05) is 38.9 Å². The average molecular weight is 582 g/mol. The summed E-state index contributed by atoms with van der Waals surface area (Å²) >= 11 is 1.71. The zero-order valence-electron chi connectivity index (χ0n) is 23.4. The van der Waals surface area contributed by atoms with Crippen molar-refractivity contribution in [1.82, 2.24) is 24.5 Å². The number of thiophene rings is 1. The van der Waals surface area contributed by atoms with Gasteiger partial charge in [0.15, 0.2) is 11.6 Å². The Hall–Kier alpha value is -5.72. The molecule has 206 valence electrons. The lowest BCUT2D eigenvalue weighted by Crippen LogP contribution is -2.06. The molecule has 0 fully saturated rings. The normalized spacial score (nSPS) is 11.6. The molecule has 0 aliphatic carbocycles. The topological polar surface area (TPSA) is 56.5 Å². The molecule has 0 saturated carbocycles. The molecule has 5 aromatic carbocycles. The molecule has 0 amide bonds. The number of nitrogens with zero attached hydrogens (tertiary/aromatic N) is 5. The third kappa shape index (κ3) is 3.92. The highest BCUT2D eigenvalue weighted by molar-refractivity contribution is 7.26. The maximum Gasteiger partial charge on any atom is 0.238 e. The van der Waals surface area contributed by atoms with E-state index in [1.54, 1.807) is 11.3 Å². The van der Waals surface area contributed by atoms with E-state index < -0.39 is 0 Å². The van der Waals surface area contributed by atoms with Gasteiger partial charge in [0.25, 0.3) is 0 Å². The molecule has 0 N–H and O–H groups in total. The van der Waals surface area contributed by atoms with Gasteiger partial charge in [-0.2, -0.15) is 9.97 Å². The molecule has 44 heavy (non-hydrogen) atoms. The van der Waals surface area contributed by atoms with Crippen LogP contribution in [-0.2, 0) is 0 Å². The Morgan fingerprint density at radius 2 is 1.05 bits per heavy atom. The minimum Gasteiger partial charge on any atom is -0.276 e. The zero-order chi connectivity index (χ0) is 29.0. The fourth-order valence-corrected chi connectivity index (χ4v) is 7.26. The van der Waals surface area contributed by atoms with Gasteiger partial charge in [-0.25, -0.2) is 9.97 Å². The van der Waals surface area contributed by atoms with Crippen molar-refractivity contribution in [1.29, 1.82) is 0 Å². The largest absolute Gasteiger partial charge is 0.276 e. The van der Waals surface area contributed by atoms with Gasteiger partial charge in [-0.15, -0.1) is 11.3 Å². The molecule has 0 radical (unpaired) electrons. The van der Waals surface area contributed by atoms with Crippen molar-refractivity contribution in [3.63, 3.8) is 0 Å². The number of hydrogen-bond acceptors (Lipinski definition) is 5. The molecule has 0 spiro atoms. The Balaban J connectivity index is 1.33. The third-order valence-corrected chi connectivity index (χ3v) is 9.29. The standard InChI is InChI=1S/C38H23N5S/c1-3-10-24(11-4-1)25-17-19-27(20-18-25)36-40-35(26-12-5-2-6-13-26)41-38(42-36)43-32-16-8-7-14-28(32)29-21-22-30-31-15-9-23-39-37(31)44-34(30)33(29)43/h1-23H. The highest BCUT2D eigenvalue weighted by Gasteiger charge is 2.21. The Morgan fingerprint density at radius 3 is 1.82 bits per heavy atom. The van der Waals surface area contributed by atoms with Gasteiger partial charge in [0.2, 0.25) is 5.95 Å². The quantitative estimate of drug-likeness (QED) is 0.208. The lowest BCUT2D eigenvalue weighted by atomic mass is 10.0. The van der Waals surface area contributed by atoms with E-state index in [-0.39, 0.29) is 0 Å². The van der Waals surface area contributed by atoms with Gasteiger partial charge in [-0.3, -0.25) is 4.57 Å². The SMILES string of the molecule is c1ccc(-c2ccc(-c3nc(-c4ccccc4)nc(-n4c5ccccc5c5ccc6c7cccnc7sc6c54)n3)cc2)cc1. The van der Waals surface area contributed by atoms with Crippen LogP contribution < -0.4 is 0 Å². The molecular weight excluding hydrogens is 559 g/mol. The number of benzene rings is 5. The van der Waals surface area contributed by atoms with E-state index in [2.05, 4.69) is 101 Å². The summed E-state index contributed by atoms with van der Waals surface area (Å²) in [4.78, 5) is 21.0. The van der Waals surface area contributed by atoms with Crippen LogP contribution in [0.2, 0.25) is 0 Å². The third-order valence-electron chi connectivity index (χ3n) is 8.16. The summed E-state index contributed by atoms with van der Waals surface area (Å²) in [6, 6.07) is 46.0. The molecule has 0 aliphatic heterocycles. The molecule has 0 bridgehead atoms. The molecule has 0 unspecified atom stereocenters. The number of pyridine rings is 1. The molecule has 9 rings (SSSR count). The number of fused-ring (bicyclic) bond motifs is 7. The van der Waals surface area contributed by atoms with Crippen LogP contribution >= 0.6 is 11.3 Å². The van der Waals surface area contributed by atoms with Crippen LogP contribution in [0.1, 0.15) is 0 Å². The Kier molecular flexibility index (Phi) is 5.61. The highest BCUT2D eigenvalue weighted by Crippen LogP contribution is 2.42. The fourth-order valence-electron chi connectivity index (χ4n) is 6.08. The highest BCUT2D eigenvalue weighted by atomic mass is 32.1. The Morgan fingerprint density at radius 1 is 0.455 bits per heavy atom. The van der Waals surface area contributed by atoms with Crippen molar-refractivity contribution in [3.05, 3.63) is 140 Å². The van der Waals surface area contributed by atoms with Crippen molar-refractivity contribution in [3.8, 4) is 39.9 Å². The van der Waals surface area contributed by atoms with Crippen LogP contribution in [0.3, 0.4) is 0 Å². The van der Waals surface area contributed by atoms with Crippen LogP contribution in [0.25, 0.3) is 82.0 Å². The van der Waals surface area contributed by atoms with Gasteiger partial charge < -0.3 is 0 Å². The first-order valence-electron chi connectivity index (χ1n) is 14.5. The first-order valence-corrected chi connectivity index (χ1v) is 15.3. The maximum absolute atomic E-state index is 5.16. The number of hydrogen-bond donors (Lipinski definition) is 0. The molecule has 9 aromatic rings. The van der Waals surface area contributed by atoms with Gasteiger partial charge in [-0.1, -0.05) is 115 Å². The summed E-state index contributed by atoms with van der Waals surface area (Å²) < 4.78 is 3.38. The van der Waals surface area contributed by atoms with Gasteiger partial charge in [0.1, 0.15) is 4.83 Å². The second kappa shape index (κ2) is 9.93. The monoisotopic (exact) mass is 581 g/mol. The number of rotatable bonds is 4. The van der Waals surface area contributed by atoms with Crippen molar-refractivity contribution < 1.29 is 0 Å². The lowest BCUT2D eigenvalue weighted by Gasteiger charge is -2.11. The van der Waals surface area contributed by atoms with Crippen molar-refractivity contribution in [2.24, 2.45) is 0 Å². The van der Waals surface area contributed by atoms with Crippen molar-refractivity contribution >= 4 is 53.4 Å². The molecule has 5 nitrogen and oxygen atoms in total. The van der Waals surface area contributed by atoms with Gasteiger partial charge in [0.05, 0.1) is 15.7 Å². The molecule has 6 heteroatoms. The van der Waals surface area contributed by atoms with E-state index in [0.29, 0.717) is 17.6 Å². The summed E-state index contributed by atoms with van der Waals surface area (Å²) in [6.07, 6.45) is 1.86. The minimum absolute atomic E-state index is 0.588. The summed E-state index contributed by atoms with van der Waals surface area (Å²) in [5.41, 5.74) is 6.33. The second-order valence-corrected chi connectivity index (χ2v) is 11.7. The molecule has 0 atom stereocenters. The lowest BCUT2D eigenvalue weighted by molar-refractivity contribution is 0.955. The van der Waals surface area contributed by atoms with Crippen LogP contribution in [0.4, 0.5) is 0 Å². The fraction of sp³-hybridized carbons (Fsp3) is 0. The van der Waals surface area contributed by atoms with Crippen LogP contribution in [0.15, 0.2) is 140 Å². The number of para-hydroxylation sites is 1. The summed E-state index contributed by atoms with van der Waals surface area (Å²) in [6.45, 7) is 0. The van der Waals surface area contributed by atoms with Crippen LogP contribution in [-0.4, -0.2) is 24.5 Å². The zero-order valence-corrected chi connectivity index (χ0v) is 24.2. The predicted octanol–water partition coefficient (Wildman–Crippen LogP) is 9.73. The molecule has 0 aliphatic rings. The Bertz CT molecular complexity index is 2480. The number of aromatic nitrogens is 5. The molecule has 4 aromatic heterocycles. The van der Waals surface area contributed by atoms with E-state index in [0.717, 1.165) is 48.7 Å². The smallest absolute Gasteiger partial charge is 0.238 e. The van der Waals surface area contributed by atoms with Gasteiger partial charge in [-0.05, 0) is 29.3 Å². The first-order chi connectivity index (χ1) is 21.8. The first kappa shape index (κ1) is 24.8. The minimum atomic E-state index is 0.588. The Labute approximate surface area is 256 Å².